The van der Waals surface area contributed by atoms with Crippen molar-refractivity contribution in [3.63, 3.8) is 0 Å². The summed E-state index contributed by atoms with van der Waals surface area (Å²) in [5.74, 6) is -0.991. The van der Waals surface area contributed by atoms with Crippen molar-refractivity contribution in [3.05, 3.63) is 97.2 Å². The SMILES string of the molecule is CC/C=C\C/C=C\C/C=C\C/C=C\C/C=C\C/C=C\C/C=C\CCCC(=O)OCC(COC(=O)CCCCCCCC)OC(=O)CCCCCCC/C=C\CCCCC. The van der Waals surface area contributed by atoms with E-state index in [2.05, 4.69) is 118 Å². The van der Waals surface area contributed by atoms with Gasteiger partial charge in [0.1, 0.15) is 13.2 Å². The predicted octanol–water partition coefficient (Wildman–Crippen LogP) is 15.4. The Morgan fingerprint density at radius 2 is 0.678 bits per heavy atom. The summed E-state index contributed by atoms with van der Waals surface area (Å²) in [6, 6.07) is 0. The van der Waals surface area contributed by atoms with E-state index >= 15 is 0 Å². The third kappa shape index (κ3) is 45.3. The highest BCUT2D eigenvalue weighted by molar-refractivity contribution is 5.71. The molecular weight excluding hydrogens is 733 g/mol. The number of rotatable bonds is 41. The molecule has 6 nitrogen and oxygen atoms in total. The second-order valence-electron chi connectivity index (χ2n) is 15.3. The Morgan fingerprint density at radius 1 is 0.356 bits per heavy atom. The van der Waals surface area contributed by atoms with E-state index in [9.17, 15) is 14.4 Å². The lowest BCUT2D eigenvalue weighted by Crippen LogP contribution is -2.30. The molecule has 0 saturated heterocycles. The average molecular weight is 819 g/mol. The molecular formula is C53H86O6. The molecule has 0 aliphatic carbocycles. The van der Waals surface area contributed by atoms with Crippen molar-refractivity contribution in [2.75, 3.05) is 13.2 Å². The van der Waals surface area contributed by atoms with E-state index in [4.69, 9.17) is 14.2 Å². The van der Waals surface area contributed by atoms with E-state index in [1.54, 1.807) is 0 Å². The van der Waals surface area contributed by atoms with E-state index in [-0.39, 0.29) is 37.5 Å². The molecule has 6 heteroatoms. The lowest BCUT2D eigenvalue weighted by atomic mass is 10.1. The fourth-order valence-corrected chi connectivity index (χ4v) is 6.01. The van der Waals surface area contributed by atoms with Crippen LogP contribution in [0.15, 0.2) is 97.2 Å². The molecule has 0 amide bonds. The molecule has 0 aliphatic heterocycles. The molecule has 0 heterocycles. The Bertz CT molecular complexity index is 1220. The molecule has 0 bridgehead atoms. The molecule has 0 aliphatic rings. The molecule has 0 fully saturated rings. The van der Waals surface area contributed by atoms with Crippen LogP contribution in [-0.2, 0) is 28.6 Å². The van der Waals surface area contributed by atoms with Crippen molar-refractivity contribution in [3.8, 4) is 0 Å². The summed E-state index contributed by atoms with van der Waals surface area (Å²) in [4.78, 5) is 37.6. The van der Waals surface area contributed by atoms with Crippen molar-refractivity contribution in [1.82, 2.24) is 0 Å². The van der Waals surface area contributed by atoms with Gasteiger partial charge in [0.05, 0.1) is 0 Å². The van der Waals surface area contributed by atoms with Gasteiger partial charge in [-0.25, -0.2) is 0 Å². The highest BCUT2D eigenvalue weighted by atomic mass is 16.6. The van der Waals surface area contributed by atoms with Crippen LogP contribution in [-0.4, -0.2) is 37.2 Å². The summed E-state index contributed by atoms with van der Waals surface area (Å²) in [5.41, 5.74) is 0. The molecule has 59 heavy (non-hydrogen) atoms. The van der Waals surface area contributed by atoms with Crippen LogP contribution in [0.25, 0.3) is 0 Å². The number of hydrogen-bond acceptors (Lipinski definition) is 6. The molecule has 0 aromatic heterocycles. The van der Waals surface area contributed by atoms with Gasteiger partial charge < -0.3 is 14.2 Å². The fourth-order valence-electron chi connectivity index (χ4n) is 6.01. The third-order valence-corrected chi connectivity index (χ3v) is 9.57. The number of unbranched alkanes of at least 4 members (excludes halogenated alkanes) is 14. The highest BCUT2D eigenvalue weighted by Gasteiger charge is 2.19. The van der Waals surface area contributed by atoms with Crippen LogP contribution < -0.4 is 0 Å². The zero-order valence-electron chi connectivity index (χ0n) is 38.0. The Kier molecular flexibility index (Phi) is 44.1. The van der Waals surface area contributed by atoms with Crippen LogP contribution in [0.3, 0.4) is 0 Å². The number of hydrogen-bond donors (Lipinski definition) is 0. The fraction of sp³-hybridized carbons (Fsp3) is 0.642. The monoisotopic (exact) mass is 819 g/mol. The maximum atomic E-state index is 12.7. The molecule has 1 unspecified atom stereocenters. The second kappa shape index (κ2) is 47.0. The molecule has 0 radical (unpaired) electrons. The second-order valence-corrected chi connectivity index (χ2v) is 15.3. The summed E-state index contributed by atoms with van der Waals surface area (Å²) < 4.78 is 16.6. The molecule has 0 spiro atoms. The molecule has 0 aromatic rings. The van der Waals surface area contributed by atoms with Crippen molar-refractivity contribution in [1.29, 1.82) is 0 Å². The summed E-state index contributed by atoms with van der Waals surface area (Å²) in [6.07, 6.45) is 61.3. The van der Waals surface area contributed by atoms with Crippen molar-refractivity contribution in [2.45, 2.75) is 207 Å². The largest absolute Gasteiger partial charge is 0.462 e. The minimum absolute atomic E-state index is 0.100. The zero-order valence-corrected chi connectivity index (χ0v) is 38.0. The van der Waals surface area contributed by atoms with E-state index in [1.807, 2.05) is 0 Å². The maximum absolute atomic E-state index is 12.7. The Morgan fingerprint density at radius 3 is 1.15 bits per heavy atom. The third-order valence-electron chi connectivity index (χ3n) is 9.57. The number of carbonyl (C=O) groups excluding carboxylic acids is 3. The van der Waals surface area contributed by atoms with Gasteiger partial charge in [-0.15, -0.1) is 0 Å². The van der Waals surface area contributed by atoms with E-state index < -0.39 is 6.10 Å². The minimum atomic E-state index is -0.801. The predicted molar refractivity (Wildman–Crippen MR) is 251 cm³/mol. The van der Waals surface area contributed by atoms with Gasteiger partial charge in [0.25, 0.3) is 0 Å². The van der Waals surface area contributed by atoms with Gasteiger partial charge in [0.15, 0.2) is 6.10 Å². The van der Waals surface area contributed by atoms with Gasteiger partial charge >= 0.3 is 17.9 Å². The Balaban J connectivity index is 4.35. The van der Waals surface area contributed by atoms with Gasteiger partial charge in [0, 0.05) is 19.3 Å². The zero-order chi connectivity index (χ0) is 43.0. The van der Waals surface area contributed by atoms with Crippen molar-refractivity contribution >= 4 is 17.9 Å². The first-order valence-electron chi connectivity index (χ1n) is 23.7. The van der Waals surface area contributed by atoms with Gasteiger partial charge in [-0.05, 0) is 96.3 Å². The summed E-state index contributed by atoms with van der Waals surface area (Å²) in [6.45, 7) is 6.35. The van der Waals surface area contributed by atoms with Crippen LogP contribution in [0.2, 0.25) is 0 Å². The molecule has 0 N–H and O–H groups in total. The van der Waals surface area contributed by atoms with Gasteiger partial charge in [-0.1, -0.05) is 182 Å². The van der Waals surface area contributed by atoms with Crippen LogP contribution >= 0.6 is 0 Å². The highest BCUT2D eigenvalue weighted by Crippen LogP contribution is 2.12. The lowest BCUT2D eigenvalue weighted by molar-refractivity contribution is -0.167. The van der Waals surface area contributed by atoms with Gasteiger partial charge in [-0.3, -0.25) is 14.4 Å². The smallest absolute Gasteiger partial charge is 0.306 e. The normalized spacial score (nSPS) is 12.9. The number of ether oxygens (including phenoxy) is 3. The molecule has 334 valence electrons. The first kappa shape index (κ1) is 55.3. The molecule has 0 aromatic carbocycles. The molecule has 1 atom stereocenters. The lowest BCUT2D eigenvalue weighted by Gasteiger charge is -2.18. The molecule has 0 saturated carbocycles. The topological polar surface area (TPSA) is 78.9 Å². The average Bonchev–Trinajstić information content (AvgIpc) is 3.23. The summed E-state index contributed by atoms with van der Waals surface area (Å²) >= 11 is 0. The van der Waals surface area contributed by atoms with Crippen LogP contribution in [0.1, 0.15) is 201 Å². The summed E-state index contributed by atoms with van der Waals surface area (Å²) in [5, 5.41) is 0. The Labute approximate surface area is 362 Å². The quantitative estimate of drug-likeness (QED) is 0.0265. The Hall–Kier alpha value is -3.67. The van der Waals surface area contributed by atoms with E-state index in [0.29, 0.717) is 19.3 Å². The maximum Gasteiger partial charge on any atom is 0.306 e. The van der Waals surface area contributed by atoms with E-state index in [1.165, 1.54) is 51.4 Å². The standard InChI is InChI=1S/C53H86O6/c1-4-7-10-13-16-18-20-22-23-24-25-26-27-28-29-30-31-32-34-35-37-40-43-46-52(55)58-49-50(48-57-51(54)45-42-39-15-12-9-6-3)59-53(56)47-44-41-38-36-33-21-19-17-14-11-8-5-2/h7,10,16-19,22-23,25-26,28-29,31-32,35,37,50H,4-6,8-9,11-15,20-21,24,27,30,33-34,36,38-49H2,1-3H3/b10-7-,18-16-,19-17-,23-22-,26-25-,29-28-,32-31-,37-35-. The first-order valence-corrected chi connectivity index (χ1v) is 23.7. The summed E-state index contributed by atoms with van der Waals surface area (Å²) in [7, 11) is 0. The van der Waals surface area contributed by atoms with Gasteiger partial charge in [0.2, 0.25) is 0 Å². The van der Waals surface area contributed by atoms with Gasteiger partial charge in [-0.2, -0.15) is 0 Å². The van der Waals surface area contributed by atoms with Crippen molar-refractivity contribution < 1.29 is 28.6 Å². The number of carbonyl (C=O) groups is 3. The van der Waals surface area contributed by atoms with E-state index in [0.717, 1.165) is 103 Å². The number of allylic oxidation sites excluding steroid dienone is 16. The first-order chi connectivity index (χ1) is 29.0. The minimum Gasteiger partial charge on any atom is -0.462 e. The number of esters is 3. The van der Waals surface area contributed by atoms with Crippen LogP contribution in [0.4, 0.5) is 0 Å². The molecule has 0 rings (SSSR count). The van der Waals surface area contributed by atoms with Crippen LogP contribution in [0, 0.1) is 0 Å². The van der Waals surface area contributed by atoms with Crippen molar-refractivity contribution in [2.24, 2.45) is 0 Å². The van der Waals surface area contributed by atoms with Crippen LogP contribution in [0.5, 0.6) is 0 Å².